The minimum Gasteiger partial charge on any atom is -0.383 e. The smallest absolute Gasteiger partial charge is 0.253 e. The molecule has 78 valence electrons. The van der Waals surface area contributed by atoms with Gasteiger partial charge in [0.25, 0.3) is 5.56 Å². The van der Waals surface area contributed by atoms with Gasteiger partial charge in [0.2, 0.25) is 0 Å². The van der Waals surface area contributed by atoms with E-state index in [0.717, 1.165) is 0 Å². The van der Waals surface area contributed by atoms with Crippen LogP contribution in [0.5, 0.6) is 0 Å². The Morgan fingerprint density at radius 3 is 2.79 bits per heavy atom. The minimum absolute atomic E-state index is 0.205. The fraction of sp³-hybridized carbons (Fsp3) is 0.556. The Morgan fingerprint density at radius 1 is 1.64 bits per heavy atom. The molecule has 0 aromatic carbocycles. The molecule has 0 unspecified atom stereocenters. The van der Waals surface area contributed by atoms with Crippen molar-refractivity contribution in [3.05, 3.63) is 22.2 Å². The van der Waals surface area contributed by atoms with Gasteiger partial charge >= 0.3 is 0 Å². The normalized spacial score (nSPS) is 11.6. The molecule has 5 heteroatoms. The second-order valence-corrected chi connectivity index (χ2v) is 3.46. The first-order valence-corrected chi connectivity index (χ1v) is 4.47. The maximum Gasteiger partial charge on any atom is 0.253 e. The second kappa shape index (κ2) is 3.79. The van der Waals surface area contributed by atoms with E-state index in [1.807, 2.05) is 20.8 Å². The zero-order valence-electron chi connectivity index (χ0n) is 8.63. The summed E-state index contributed by atoms with van der Waals surface area (Å²) in [5.74, 6) is 0.654. The van der Waals surface area contributed by atoms with Gasteiger partial charge in [-0.1, -0.05) is 0 Å². The molecule has 0 saturated carbocycles. The Kier molecular flexibility index (Phi) is 2.90. The van der Waals surface area contributed by atoms with Crippen molar-refractivity contribution in [3.63, 3.8) is 0 Å². The van der Waals surface area contributed by atoms with Crippen LogP contribution in [-0.4, -0.2) is 16.6 Å². The van der Waals surface area contributed by atoms with Gasteiger partial charge < -0.3 is 15.5 Å². The molecule has 0 aliphatic carbocycles. The van der Waals surface area contributed by atoms with E-state index in [4.69, 9.17) is 10.5 Å². The molecule has 1 aromatic heterocycles. The van der Waals surface area contributed by atoms with Gasteiger partial charge in [0.1, 0.15) is 17.2 Å². The minimum atomic E-state index is -0.622. The molecular formula is C9H15N3O2. The quantitative estimate of drug-likeness (QED) is 0.744. The molecule has 1 heterocycles. The highest BCUT2D eigenvalue weighted by Crippen LogP contribution is 2.20. The Labute approximate surface area is 82.3 Å². The van der Waals surface area contributed by atoms with Crippen LogP contribution in [0.25, 0.3) is 0 Å². The van der Waals surface area contributed by atoms with Crippen molar-refractivity contribution >= 4 is 5.82 Å². The van der Waals surface area contributed by atoms with Crippen molar-refractivity contribution in [2.45, 2.75) is 26.4 Å². The van der Waals surface area contributed by atoms with Gasteiger partial charge in [-0.05, 0) is 20.8 Å². The molecule has 0 bridgehead atoms. The lowest BCUT2D eigenvalue weighted by Crippen LogP contribution is -2.28. The summed E-state index contributed by atoms with van der Waals surface area (Å²) in [7, 11) is 0. The number of anilines is 1. The standard InChI is InChI=1S/C9H15N3O2/c1-4-14-9(2,3)8-11-6(10)5-7(13)12-8/h5H,4H2,1-3H3,(H3,10,11,12,13). The van der Waals surface area contributed by atoms with Crippen LogP contribution in [0, 0.1) is 0 Å². The van der Waals surface area contributed by atoms with Crippen molar-refractivity contribution in [3.8, 4) is 0 Å². The highest BCUT2D eigenvalue weighted by atomic mass is 16.5. The molecule has 0 radical (unpaired) electrons. The van der Waals surface area contributed by atoms with Gasteiger partial charge in [-0.3, -0.25) is 4.79 Å². The van der Waals surface area contributed by atoms with E-state index < -0.39 is 5.60 Å². The van der Waals surface area contributed by atoms with Crippen molar-refractivity contribution in [1.29, 1.82) is 0 Å². The number of nitrogen functional groups attached to an aromatic ring is 1. The summed E-state index contributed by atoms with van der Waals surface area (Å²) in [6.45, 7) is 6.08. The number of hydrogen-bond acceptors (Lipinski definition) is 4. The highest BCUT2D eigenvalue weighted by molar-refractivity contribution is 5.26. The lowest BCUT2D eigenvalue weighted by Gasteiger charge is -2.23. The van der Waals surface area contributed by atoms with Crippen LogP contribution in [0.15, 0.2) is 10.9 Å². The average Bonchev–Trinajstić information content (AvgIpc) is 2.02. The molecule has 0 fully saturated rings. The largest absolute Gasteiger partial charge is 0.383 e. The zero-order chi connectivity index (χ0) is 10.8. The van der Waals surface area contributed by atoms with E-state index in [2.05, 4.69) is 9.97 Å². The number of H-pyrrole nitrogens is 1. The fourth-order valence-corrected chi connectivity index (χ4v) is 1.19. The third-order valence-electron chi connectivity index (χ3n) is 1.84. The van der Waals surface area contributed by atoms with Crippen molar-refractivity contribution in [2.24, 2.45) is 0 Å². The molecule has 5 nitrogen and oxygen atoms in total. The average molecular weight is 197 g/mol. The molecule has 1 aromatic rings. The van der Waals surface area contributed by atoms with Gasteiger partial charge in [-0.25, -0.2) is 4.98 Å². The van der Waals surface area contributed by atoms with E-state index in [0.29, 0.717) is 12.4 Å². The number of aromatic amines is 1. The summed E-state index contributed by atoms with van der Waals surface area (Å²) in [5, 5.41) is 0. The predicted octanol–water partition coefficient (Wildman–Crippen LogP) is 0.624. The predicted molar refractivity (Wildman–Crippen MR) is 53.9 cm³/mol. The van der Waals surface area contributed by atoms with Gasteiger partial charge in [-0.15, -0.1) is 0 Å². The topological polar surface area (TPSA) is 81.0 Å². The molecule has 14 heavy (non-hydrogen) atoms. The number of nitrogens with two attached hydrogens (primary N) is 1. The molecule has 0 aliphatic rings. The third kappa shape index (κ3) is 2.32. The molecule has 0 amide bonds. The number of nitrogens with zero attached hydrogens (tertiary/aromatic N) is 1. The summed E-state index contributed by atoms with van der Waals surface area (Å²) in [4.78, 5) is 17.8. The van der Waals surface area contributed by atoms with E-state index in [-0.39, 0.29) is 11.4 Å². The van der Waals surface area contributed by atoms with Crippen LogP contribution in [0.4, 0.5) is 5.82 Å². The van der Waals surface area contributed by atoms with Gasteiger partial charge in [0, 0.05) is 12.7 Å². The maximum absolute atomic E-state index is 11.1. The molecule has 0 atom stereocenters. The fourth-order valence-electron chi connectivity index (χ4n) is 1.19. The first-order valence-electron chi connectivity index (χ1n) is 4.47. The Balaban J connectivity index is 3.12. The Hall–Kier alpha value is -1.36. The van der Waals surface area contributed by atoms with Crippen molar-refractivity contribution in [1.82, 2.24) is 9.97 Å². The van der Waals surface area contributed by atoms with Crippen LogP contribution in [0.2, 0.25) is 0 Å². The Morgan fingerprint density at radius 2 is 2.29 bits per heavy atom. The number of hydrogen-bond donors (Lipinski definition) is 2. The van der Waals surface area contributed by atoms with Crippen LogP contribution in [-0.2, 0) is 10.3 Å². The number of nitrogens with one attached hydrogen (secondary N) is 1. The van der Waals surface area contributed by atoms with Gasteiger partial charge in [-0.2, -0.15) is 0 Å². The molecule has 0 aliphatic heterocycles. The molecular weight excluding hydrogens is 182 g/mol. The zero-order valence-corrected chi connectivity index (χ0v) is 8.63. The number of ether oxygens (including phenoxy) is 1. The van der Waals surface area contributed by atoms with E-state index >= 15 is 0 Å². The number of rotatable bonds is 3. The molecule has 0 saturated heterocycles. The van der Waals surface area contributed by atoms with Gasteiger partial charge in [0.05, 0.1) is 0 Å². The number of aromatic nitrogens is 2. The van der Waals surface area contributed by atoms with Crippen LogP contribution >= 0.6 is 0 Å². The van der Waals surface area contributed by atoms with Crippen molar-refractivity contribution in [2.75, 3.05) is 12.3 Å². The Bertz CT molecular complexity index is 371. The summed E-state index contributed by atoms with van der Waals surface area (Å²) in [5.41, 5.74) is 4.58. The SMILES string of the molecule is CCOC(C)(C)c1nc(N)cc(=O)[nH]1. The van der Waals surface area contributed by atoms with Crippen LogP contribution in [0.1, 0.15) is 26.6 Å². The molecule has 0 spiro atoms. The summed E-state index contributed by atoms with van der Waals surface area (Å²) >= 11 is 0. The maximum atomic E-state index is 11.1. The third-order valence-corrected chi connectivity index (χ3v) is 1.84. The summed E-state index contributed by atoms with van der Waals surface area (Å²) in [6, 6.07) is 1.24. The van der Waals surface area contributed by atoms with E-state index in [9.17, 15) is 4.79 Å². The van der Waals surface area contributed by atoms with Crippen LogP contribution < -0.4 is 11.3 Å². The summed E-state index contributed by atoms with van der Waals surface area (Å²) in [6.07, 6.45) is 0. The van der Waals surface area contributed by atoms with E-state index in [1.54, 1.807) is 0 Å². The van der Waals surface area contributed by atoms with Gasteiger partial charge in [0.15, 0.2) is 0 Å². The van der Waals surface area contributed by atoms with Crippen LogP contribution in [0.3, 0.4) is 0 Å². The lowest BCUT2D eigenvalue weighted by atomic mass is 10.1. The summed E-state index contributed by atoms with van der Waals surface area (Å²) < 4.78 is 5.44. The second-order valence-electron chi connectivity index (χ2n) is 3.46. The lowest BCUT2D eigenvalue weighted by molar-refractivity contribution is -0.0208. The first kappa shape index (κ1) is 10.7. The first-order chi connectivity index (χ1) is 6.45. The highest BCUT2D eigenvalue weighted by Gasteiger charge is 2.23. The molecule has 3 N–H and O–H groups in total. The monoisotopic (exact) mass is 197 g/mol. The van der Waals surface area contributed by atoms with Crippen molar-refractivity contribution < 1.29 is 4.74 Å². The van der Waals surface area contributed by atoms with E-state index in [1.165, 1.54) is 6.07 Å². The molecule has 1 rings (SSSR count).